The molecule has 1 aromatic rings. The summed E-state index contributed by atoms with van der Waals surface area (Å²) in [4.78, 5) is 13.8. The van der Waals surface area contributed by atoms with Crippen LogP contribution < -0.4 is 4.90 Å². The Morgan fingerprint density at radius 2 is 2.13 bits per heavy atom. The van der Waals surface area contributed by atoms with E-state index in [1.165, 1.54) is 16.1 Å². The van der Waals surface area contributed by atoms with E-state index in [4.69, 9.17) is 0 Å². The Morgan fingerprint density at radius 3 is 2.73 bits per heavy atom. The SMILES string of the molecule is CC1=C(C)CN(c2ccc(C=O)s2)CC1. The van der Waals surface area contributed by atoms with E-state index < -0.39 is 0 Å². The highest BCUT2D eigenvalue weighted by Crippen LogP contribution is 2.29. The second-order valence-corrected chi connectivity index (χ2v) is 5.12. The summed E-state index contributed by atoms with van der Waals surface area (Å²) in [7, 11) is 0. The lowest BCUT2D eigenvalue weighted by Crippen LogP contribution is -2.29. The predicted octanol–water partition coefficient (Wildman–Crippen LogP) is 3.11. The fourth-order valence-corrected chi connectivity index (χ4v) is 2.63. The minimum atomic E-state index is 0.814. The van der Waals surface area contributed by atoms with E-state index in [-0.39, 0.29) is 0 Å². The van der Waals surface area contributed by atoms with Gasteiger partial charge in [0.2, 0.25) is 0 Å². The lowest BCUT2D eigenvalue weighted by atomic mass is 10.0. The van der Waals surface area contributed by atoms with Crippen LogP contribution in [0.3, 0.4) is 0 Å². The van der Waals surface area contributed by atoms with E-state index in [0.717, 1.165) is 30.7 Å². The molecule has 2 nitrogen and oxygen atoms in total. The maximum Gasteiger partial charge on any atom is 0.160 e. The largest absolute Gasteiger partial charge is 0.359 e. The number of anilines is 1. The second-order valence-electron chi connectivity index (χ2n) is 4.03. The molecule has 1 aliphatic heterocycles. The molecule has 80 valence electrons. The van der Waals surface area contributed by atoms with Crippen molar-refractivity contribution in [2.75, 3.05) is 18.0 Å². The average Bonchev–Trinajstić information content (AvgIpc) is 2.70. The van der Waals surface area contributed by atoms with Crippen LogP contribution in [0.1, 0.15) is 29.9 Å². The molecular formula is C12H15NOS. The fraction of sp³-hybridized carbons (Fsp3) is 0.417. The van der Waals surface area contributed by atoms with Gasteiger partial charge in [-0.05, 0) is 32.4 Å². The molecule has 2 heterocycles. The first-order chi connectivity index (χ1) is 7.20. The van der Waals surface area contributed by atoms with Crippen molar-refractivity contribution >= 4 is 22.6 Å². The van der Waals surface area contributed by atoms with Crippen LogP contribution in [-0.2, 0) is 0 Å². The van der Waals surface area contributed by atoms with E-state index >= 15 is 0 Å². The van der Waals surface area contributed by atoms with Crippen molar-refractivity contribution in [1.82, 2.24) is 0 Å². The molecule has 0 N–H and O–H groups in total. The van der Waals surface area contributed by atoms with Gasteiger partial charge >= 0.3 is 0 Å². The zero-order valence-electron chi connectivity index (χ0n) is 9.12. The number of carbonyl (C=O) groups is 1. The molecule has 0 spiro atoms. The summed E-state index contributed by atoms with van der Waals surface area (Å²) in [5.41, 5.74) is 2.97. The quantitative estimate of drug-likeness (QED) is 0.565. The normalized spacial score (nSPS) is 17.1. The maximum absolute atomic E-state index is 10.6. The van der Waals surface area contributed by atoms with Crippen LogP contribution in [-0.4, -0.2) is 19.4 Å². The molecule has 0 aromatic carbocycles. The van der Waals surface area contributed by atoms with Gasteiger partial charge in [0.05, 0.1) is 9.88 Å². The first kappa shape index (κ1) is 10.4. The molecule has 1 aliphatic rings. The molecule has 0 unspecified atom stereocenters. The summed E-state index contributed by atoms with van der Waals surface area (Å²) in [6.45, 7) is 6.47. The Hall–Kier alpha value is -1.09. The lowest BCUT2D eigenvalue weighted by Gasteiger charge is -2.29. The Morgan fingerprint density at radius 1 is 1.33 bits per heavy atom. The molecule has 0 saturated carbocycles. The van der Waals surface area contributed by atoms with Gasteiger partial charge in [-0.25, -0.2) is 0 Å². The molecule has 2 rings (SSSR count). The summed E-state index contributed by atoms with van der Waals surface area (Å²) >= 11 is 1.58. The van der Waals surface area contributed by atoms with Crippen molar-refractivity contribution in [2.24, 2.45) is 0 Å². The van der Waals surface area contributed by atoms with Crippen LogP contribution >= 0.6 is 11.3 Å². The van der Waals surface area contributed by atoms with Crippen molar-refractivity contribution in [3.63, 3.8) is 0 Å². The third-order valence-electron chi connectivity index (χ3n) is 2.95. The predicted molar refractivity (Wildman–Crippen MR) is 64.9 cm³/mol. The monoisotopic (exact) mass is 221 g/mol. The van der Waals surface area contributed by atoms with Crippen molar-refractivity contribution in [3.8, 4) is 0 Å². The third-order valence-corrected chi connectivity index (χ3v) is 4.03. The van der Waals surface area contributed by atoms with Crippen molar-refractivity contribution in [3.05, 3.63) is 28.2 Å². The van der Waals surface area contributed by atoms with Crippen LogP contribution in [0.25, 0.3) is 0 Å². The van der Waals surface area contributed by atoms with Crippen molar-refractivity contribution < 1.29 is 4.79 Å². The van der Waals surface area contributed by atoms with Crippen LogP contribution in [0.4, 0.5) is 5.00 Å². The van der Waals surface area contributed by atoms with Gasteiger partial charge in [-0.1, -0.05) is 11.1 Å². The van der Waals surface area contributed by atoms with Gasteiger partial charge in [0.25, 0.3) is 0 Å². The molecule has 0 aliphatic carbocycles. The zero-order chi connectivity index (χ0) is 10.8. The molecule has 0 bridgehead atoms. The molecule has 0 fully saturated rings. The first-order valence-corrected chi connectivity index (χ1v) is 5.97. The highest BCUT2D eigenvalue weighted by atomic mass is 32.1. The molecule has 0 amide bonds. The van der Waals surface area contributed by atoms with Crippen LogP contribution in [0.5, 0.6) is 0 Å². The van der Waals surface area contributed by atoms with Crippen molar-refractivity contribution in [1.29, 1.82) is 0 Å². The third kappa shape index (κ3) is 2.12. The smallest absolute Gasteiger partial charge is 0.160 e. The zero-order valence-corrected chi connectivity index (χ0v) is 9.93. The highest BCUT2D eigenvalue weighted by molar-refractivity contribution is 7.17. The Kier molecular flexibility index (Phi) is 2.91. The molecule has 3 heteroatoms. The van der Waals surface area contributed by atoms with E-state index in [0.29, 0.717) is 0 Å². The Labute approximate surface area is 94.2 Å². The van der Waals surface area contributed by atoms with E-state index in [1.54, 1.807) is 11.3 Å². The average molecular weight is 221 g/mol. The number of thiophene rings is 1. The van der Waals surface area contributed by atoms with Gasteiger partial charge in [0, 0.05) is 13.1 Å². The number of carbonyl (C=O) groups excluding carboxylic acids is 1. The van der Waals surface area contributed by atoms with Gasteiger partial charge in [0.15, 0.2) is 6.29 Å². The summed E-state index contributed by atoms with van der Waals surface area (Å²) in [6, 6.07) is 3.94. The summed E-state index contributed by atoms with van der Waals surface area (Å²) in [6.07, 6.45) is 2.06. The molecule has 0 atom stereocenters. The number of hydrogen-bond acceptors (Lipinski definition) is 3. The van der Waals surface area contributed by atoms with E-state index in [9.17, 15) is 4.79 Å². The first-order valence-electron chi connectivity index (χ1n) is 5.16. The number of rotatable bonds is 2. The maximum atomic E-state index is 10.6. The minimum absolute atomic E-state index is 0.814. The highest BCUT2D eigenvalue weighted by Gasteiger charge is 2.15. The lowest BCUT2D eigenvalue weighted by molar-refractivity contribution is 0.112. The number of hydrogen-bond donors (Lipinski definition) is 0. The topological polar surface area (TPSA) is 20.3 Å². The number of aldehydes is 1. The second kappa shape index (κ2) is 4.19. The standard InChI is InChI=1S/C12H15NOS/c1-9-5-6-13(7-10(9)2)12-4-3-11(8-14)15-12/h3-4,8H,5-7H2,1-2H3. The minimum Gasteiger partial charge on any atom is -0.359 e. The van der Waals surface area contributed by atoms with Gasteiger partial charge in [-0.15, -0.1) is 11.3 Å². The number of nitrogens with zero attached hydrogens (tertiary/aromatic N) is 1. The van der Waals surface area contributed by atoms with Crippen LogP contribution in [0.15, 0.2) is 23.3 Å². The van der Waals surface area contributed by atoms with E-state index in [1.807, 2.05) is 12.1 Å². The van der Waals surface area contributed by atoms with Crippen LogP contribution in [0, 0.1) is 0 Å². The van der Waals surface area contributed by atoms with Gasteiger partial charge in [-0.2, -0.15) is 0 Å². The fourth-order valence-electron chi connectivity index (χ4n) is 1.78. The van der Waals surface area contributed by atoms with Gasteiger partial charge < -0.3 is 4.90 Å². The van der Waals surface area contributed by atoms with Gasteiger partial charge in [0.1, 0.15) is 0 Å². The summed E-state index contributed by atoms with van der Waals surface area (Å²) in [5, 5.41) is 1.21. The molecule has 15 heavy (non-hydrogen) atoms. The van der Waals surface area contributed by atoms with Gasteiger partial charge in [-0.3, -0.25) is 4.79 Å². The summed E-state index contributed by atoms with van der Waals surface area (Å²) < 4.78 is 0. The van der Waals surface area contributed by atoms with Crippen molar-refractivity contribution in [2.45, 2.75) is 20.3 Å². The summed E-state index contributed by atoms with van der Waals surface area (Å²) in [5.74, 6) is 0. The van der Waals surface area contributed by atoms with E-state index in [2.05, 4.69) is 18.7 Å². The Bertz CT molecular complexity index is 406. The Balaban J connectivity index is 2.16. The molecule has 0 saturated heterocycles. The molecule has 1 aromatic heterocycles. The molecular weight excluding hydrogens is 206 g/mol. The molecule has 0 radical (unpaired) electrons. The van der Waals surface area contributed by atoms with Crippen LogP contribution in [0.2, 0.25) is 0 Å².